The largest absolute Gasteiger partial charge is 0.456 e. The standard InChI is InChI=1S/C21H22BrClN2O4/c1-12-4-6-16(13(2)10-12)24-18(26)8-9-20(28)29-11-19(27)25-17-7-5-15(22)21(23)14(17)3/h4-7,10H,8-9,11H2,1-3H3,(H,24,26)(H,25,27). The molecular weight excluding hydrogens is 460 g/mol. The molecule has 2 aromatic carbocycles. The molecule has 2 N–H and O–H groups in total. The Bertz CT molecular complexity index is 947. The van der Waals surface area contributed by atoms with Gasteiger partial charge in [0.15, 0.2) is 6.61 Å². The Morgan fingerprint density at radius 1 is 0.966 bits per heavy atom. The molecule has 0 aliphatic carbocycles. The smallest absolute Gasteiger partial charge is 0.306 e. The molecule has 0 atom stereocenters. The van der Waals surface area contributed by atoms with Crippen LogP contribution in [0.3, 0.4) is 0 Å². The average molecular weight is 482 g/mol. The van der Waals surface area contributed by atoms with Gasteiger partial charge in [-0.3, -0.25) is 14.4 Å². The molecule has 0 bridgehead atoms. The molecule has 0 unspecified atom stereocenters. The van der Waals surface area contributed by atoms with E-state index in [9.17, 15) is 14.4 Å². The van der Waals surface area contributed by atoms with Crippen LogP contribution >= 0.6 is 27.5 Å². The van der Waals surface area contributed by atoms with Crippen LogP contribution in [0.2, 0.25) is 5.02 Å². The van der Waals surface area contributed by atoms with E-state index in [0.717, 1.165) is 15.6 Å². The van der Waals surface area contributed by atoms with Crippen molar-refractivity contribution >= 4 is 56.7 Å². The third kappa shape index (κ3) is 6.87. The third-order valence-corrected chi connectivity index (χ3v) is 5.57. The van der Waals surface area contributed by atoms with Gasteiger partial charge < -0.3 is 15.4 Å². The molecule has 0 aromatic heterocycles. The second kappa shape index (κ2) is 10.4. The number of anilines is 2. The number of amides is 2. The molecule has 6 nitrogen and oxygen atoms in total. The van der Waals surface area contributed by atoms with E-state index in [1.807, 2.05) is 32.0 Å². The van der Waals surface area contributed by atoms with Gasteiger partial charge >= 0.3 is 5.97 Å². The molecule has 0 aliphatic rings. The highest BCUT2D eigenvalue weighted by Gasteiger charge is 2.13. The quantitative estimate of drug-likeness (QED) is 0.549. The van der Waals surface area contributed by atoms with E-state index in [2.05, 4.69) is 26.6 Å². The number of carbonyl (C=O) groups is 3. The molecule has 8 heteroatoms. The maximum absolute atomic E-state index is 12.0. The van der Waals surface area contributed by atoms with Crippen LogP contribution in [-0.2, 0) is 19.1 Å². The van der Waals surface area contributed by atoms with Crippen LogP contribution in [0.15, 0.2) is 34.8 Å². The van der Waals surface area contributed by atoms with Crippen LogP contribution in [0.1, 0.15) is 29.5 Å². The number of halogens is 2. The second-order valence-electron chi connectivity index (χ2n) is 6.61. The van der Waals surface area contributed by atoms with E-state index < -0.39 is 18.5 Å². The Morgan fingerprint density at radius 3 is 2.31 bits per heavy atom. The Balaban J connectivity index is 1.76. The van der Waals surface area contributed by atoms with Crippen molar-refractivity contribution in [2.75, 3.05) is 17.2 Å². The number of nitrogens with one attached hydrogen (secondary N) is 2. The van der Waals surface area contributed by atoms with Gasteiger partial charge in [0.2, 0.25) is 5.91 Å². The van der Waals surface area contributed by atoms with Gasteiger partial charge in [-0.2, -0.15) is 0 Å². The maximum Gasteiger partial charge on any atom is 0.306 e. The van der Waals surface area contributed by atoms with Gasteiger partial charge in [-0.25, -0.2) is 0 Å². The van der Waals surface area contributed by atoms with Crippen molar-refractivity contribution in [1.82, 2.24) is 0 Å². The van der Waals surface area contributed by atoms with Crippen molar-refractivity contribution in [3.05, 3.63) is 56.5 Å². The summed E-state index contributed by atoms with van der Waals surface area (Å²) in [7, 11) is 0. The lowest BCUT2D eigenvalue weighted by Crippen LogP contribution is -2.22. The number of rotatable bonds is 7. The second-order valence-corrected chi connectivity index (χ2v) is 7.84. The molecule has 154 valence electrons. The monoisotopic (exact) mass is 480 g/mol. The predicted octanol–water partition coefficient (Wildman–Crippen LogP) is 4.93. The van der Waals surface area contributed by atoms with Crippen LogP contribution in [-0.4, -0.2) is 24.4 Å². The number of hydrogen-bond acceptors (Lipinski definition) is 4. The number of benzene rings is 2. The Hall–Kier alpha value is -2.38. The fourth-order valence-corrected chi connectivity index (χ4v) is 3.17. The summed E-state index contributed by atoms with van der Waals surface area (Å²) in [5, 5.41) is 5.90. The minimum absolute atomic E-state index is 0.0325. The lowest BCUT2D eigenvalue weighted by Gasteiger charge is -2.11. The molecule has 2 aromatic rings. The average Bonchev–Trinajstić information content (AvgIpc) is 2.67. The summed E-state index contributed by atoms with van der Waals surface area (Å²) in [6.45, 7) is 5.20. The van der Waals surface area contributed by atoms with Gasteiger partial charge in [0.25, 0.3) is 5.91 Å². The number of ether oxygens (including phenoxy) is 1. The molecule has 2 rings (SSSR count). The molecule has 2 amide bonds. The van der Waals surface area contributed by atoms with Crippen molar-refractivity contribution in [3.8, 4) is 0 Å². The van der Waals surface area contributed by atoms with Gasteiger partial charge in [-0.05, 0) is 66.0 Å². The Labute approximate surface area is 183 Å². The lowest BCUT2D eigenvalue weighted by atomic mass is 10.1. The molecule has 0 aliphatic heterocycles. The summed E-state index contributed by atoms with van der Waals surface area (Å²) >= 11 is 9.42. The van der Waals surface area contributed by atoms with Crippen molar-refractivity contribution in [1.29, 1.82) is 0 Å². The van der Waals surface area contributed by atoms with Crippen LogP contribution in [0.4, 0.5) is 11.4 Å². The highest BCUT2D eigenvalue weighted by Crippen LogP contribution is 2.30. The van der Waals surface area contributed by atoms with E-state index >= 15 is 0 Å². The zero-order chi connectivity index (χ0) is 21.6. The first-order valence-electron chi connectivity index (χ1n) is 8.94. The highest BCUT2D eigenvalue weighted by atomic mass is 79.9. The highest BCUT2D eigenvalue weighted by molar-refractivity contribution is 9.10. The summed E-state index contributed by atoms with van der Waals surface area (Å²) < 4.78 is 5.66. The predicted molar refractivity (Wildman–Crippen MR) is 117 cm³/mol. The van der Waals surface area contributed by atoms with E-state index in [1.165, 1.54) is 0 Å². The summed E-state index contributed by atoms with van der Waals surface area (Å²) in [6, 6.07) is 9.09. The third-order valence-electron chi connectivity index (χ3n) is 4.19. The first-order valence-corrected chi connectivity index (χ1v) is 10.1. The van der Waals surface area contributed by atoms with Crippen LogP contribution < -0.4 is 10.6 Å². The lowest BCUT2D eigenvalue weighted by molar-refractivity contribution is -0.147. The summed E-state index contributed by atoms with van der Waals surface area (Å²) in [5.41, 5.74) is 3.98. The summed E-state index contributed by atoms with van der Waals surface area (Å²) in [5.74, 6) is -1.40. The summed E-state index contributed by atoms with van der Waals surface area (Å²) in [4.78, 5) is 35.8. The van der Waals surface area contributed by atoms with Crippen molar-refractivity contribution in [2.24, 2.45) is 0 Å². The zero-order valence-electron chi connectivity index (χ0n) is 16.4. The van der Waals surface area contributed by atoms with Crippen molar-refractivity contribution < 1.29 is 19.1 Å². The van der Waals surface area contributed by atoms with Gasteiger partial charge in [-0.15, -0.1) is 0 Å². The van der Waals surface area contributed by atoms with Crippen molar-refractivity contribution in [2.45, 2.75) is 33.6 Å². The topological polar surface area (TPSA) is 84.5 Å². The molecule has 0 saturated heterocycles. The van der Waals surface area contributed by atoms with Crippen molar-refractivity contribution in [3.63, 3.8) is 0 Å². The fourth-order valence-electron chi connectivity index (χ4n) is 2.57. The number of esters is 1. The van der Waals surface area contributed by atoms with E-state index in [1.54, 1.807) is 19.1 Å². The van der Waals surface area contributed by atoms with Crippen LogP contribution in [0.5, 0.6) is 0 Å². The minimum atomic E-state index is -0.624. The van der Waals surface area contributed by atoms with E-state index in [0.29, 0.717) is 22.0 Å². The molecular formula is C21H22BrClN2O4. The first kappa shape index (κ1) is 22.9. The molecule has 0 fully saturated rings. The molecule has 0 spiro atoms. The Morgan fingerprint density at radius 2 is 1.62 bits per heavy atom. The number of aryl methyl sites for hydroxylation is 2. The molecule has 0 saturated carbocycles. The summed E-state index contributed by atoms with van der Waals surface area (Å²) in [6.07, 6.45) is -0.150. The normalized spacial score (nSPS) is 10.4. The van der Waals surface area contributed by atoms with E-state index in [-0.39, 0.29) is 18.7 Å². The first-order chi connectivity index (χ1) is 13.7. The van der Waals surface area contributed by atoms with E-state index in [4.69, 9.17) is 16.3 Å². The van der Waals surface area contributed by atoms with Gasteiger partial charge in [0.1, 0.15) is 0 Å². The SMILES string of the molecule is Cc1ccc(NC(=O)CCC(=O)OCC(=O)Nc2ccc(Br)c(Cl)c2C)c(C)c1. The molecule has 0 radical (unpaired) electrons. The van der Waals surface area contributed by atoms with Crippen LogP contribution in [0.25, 0.3) is 0 Å². The van der Waals surface area contributed by atoms with Gasteiger partial charge in [0.05, 0.1) is 11.4 Å². The van der Waals surface area contributed by atoms with Gasteiger partial charge in [-0.1, -0.05) is 29.3 Å². The van der Waals surface area contributed by atoms with Crippen LogP contribution in [0, 0.1) is 20.8 Å². The zero-order valence-corrected chi connectivity index (χ0v) is 18.7. The molecule has 0 heterocycles. The minimum Gasteiger partial charge on any atom is -0.456 e. The fraction of sp³-hybridized carbons (Fsp3) is 0.286. The maximum atomic E-state index is 12.0. The number of hydrogen-bond donors (Lipinski definition) is 2. The Kier molecular flexibility index (Phi) is 8.22. The number of carbonyl (C=O) groups excluding carboxylic acids is 3. The molecule has 29 heavy (non-hydrogen) atoms. The van der Waals surface area contributed by atoms with Gasteiger partial charge in [0, 0.05) is 22.3 Å².